The monoisotopic (exact) mass is 300 g/mol. The van der Waals surface area contributed by atoms with Crippen LogP contribution in [-0.2, 0) is 14.6 Å². The second kappa shape index (κ2) is 5.76. The summed E-state index contributed by atoms with van der Waals surface area (Å²) in [5.41, 5.74) is 0.0800. The third-order valence-corrected chi connectivity index (χ3v) is 4.22. The lowest BCUT2D eigenvalue weighted by atomic mass is 10.1. The number of ether oxygens (including phenoxy) is 1. The number of anilines is 1. The highest BCUT2D eigenvalue weighted by molar-refractivity contribution is 7.90. The zero-order valence-electron chi connectivity index (χ0n) is 11.0. The molecule has 0 aliphatic carbocycles. The molecule has 1 unspecified atom stereocenters. The number of benzene rings is 1. The lowest BCUT2D eigenvalue weighted by Gasteiger charge is -2.24. The van der Waals surface area contributed by atoms with Crippen LogP contribution >= 0.6 is 0 Å². The summed E-state index contributed by atoms with van der Waals surface area (Å²) in [5, 5.41) is 14.1. The van der Waals surface area contributed by atoms with Crippen LogP contribution in [0.4, 0.5) is 11.4 Å². The molecule has 1 aliphatic rings. The Labute approximate surface area is 117 Å². The van der Waals surface area contributed by atoms with Crippen LogP contribution in [0.15, 0.2) is 23.1 Å². The van der Waals surface area contributed by atoms with E-state index >= 15 is 0 Å². The molecule has 1 heterocycles. The highest BCUT2D eigenvalue weighted by atomic mass is 32.2. The number of hydrogen-bond donors (Lipinski definition) is 1. The lowest BCUT2D eigenvalue weighted by molar-refractivity contribution is -0.384. The van der Waals surface area contributed by atoms with Gasteiger partial charge >= 0.3 is 0 Å². The third kappa shape index (κ3) is 3.45. The van der Waals surface area contributed by atoms with Gasteiger partial charge in [-0.05, 0) is 25.0 Å². The van der Waals surface area contributed by atoms with E-state index in [0.29, 0.717) is 18.9 Å². The fraction of sp³-hybridized carbons (Fsp3) is 0.500. The highest BCUT2D eigenvalue weighted by Gasteiger charge is 2.21. The Morgan fingerprint density at radius 3 is 2.75 bits per heavy atom. The van der Waals surface area contributed by atoms with E-state index in [1.807, 2.05) is 0 Å². The smallest absolute Gasteiger partial charge is 0.293 e. The van der Waals surface area contributed by atoms with Gasteiger partial charge in [0.05, 0.1) is 16.4 Å². The quantitative estimate of drug-likeness (QED) is 0.669. The Bertz CT molecular complexity index is 608. The lowest BCUT2D eigenvalue weighted by Crippen LogP contribution is -2.30. The van der Waals surface area contributed by atoms with Gasteiger partial charge in [-0.15, -0.1) is 0 Å². The van der Waals surface area contributed by atoms with E-state index in [2.05, 4.69) is 5.32 Å². The number of nitrogens with zero attached hydrogens (tertiary/aromatic N) is 1. The molecule has 1 saturated heterocycles. The van der Waals surface area contributed by atoms with Gasteiger partial charge in [0.15, 0.2) is 9.84 Å². The van der Waals surface area contributed by atoms with Gasteiger partial charge in [0, 0.05) is 25.0 Å². The van der Waals surface area contributed by atoms with E-state index in [0.717, 1.165) is 25.2 Å². The molecular formula is C12H16N2O5S. The van der Waals surface area contributed by atoms with Crippen molar-refractivity contribution in [3.63, 3.8) is 0 Å². The van der Waals surface area contributed by atoms with Crippen molar-refractivity contribution < 1.29 is 18.1 Å². The van der Waals surface area contributed by atoms with Crippen molar-refractivity contribution in [1.29, 1.82) is 0 Å². The zero-order valence-corrected chi connectivity index (χ0v) is 11.9. The largest absolute Gasteiger partial charge is 0.379 e. The van der Waals surface area contributed by atoms with E-state index in [1.165, 1.54) is 12.1 Å². The maximum absolute atomic E-state index is 11.4. The predicted molar refractivity (Wildman–Crippen MR) is 73.7 cm³/mol. The highest BCUT2D eigenvalue weighted by Crippen LogP contribution is 2.29. The maximum atomic E-state index is 11.4. The first-order chi connectivity index (χ1) is 9.38. The van der Waals surface area contributed by atoms with Crippen LogP contribution in [0.25, 0.3) is 0 Å². The fourth-order valence-corrected chi connectivity index (χ4v) is 2.73. The molecule has 1 aromatic rings. The molecule has 0 saturated carbocycles. The number of nitro groups is 1. The van der Waals surface area contributed by atoms with Crippen molar-refractivity contribution >= 4 is 21.2 Å². The van der Waals surface area contributed by atoms with Crippen molar-refractivity contribution in [3.8, 4) is 0 Å². The van der Waals surface area contributed by atoms with Crippen LogP contribution in [0.3, 0.4) is 0 Å². The van der Waals surface area contributed by atoms with Gasteiger partial charge in [0.1, 0.15) is 5.69 Å². The normalized spacial score (nSPS) is 19.6. The summed E-state index contributed by atoms with van der Waals surface area (Å²) < 4.78 is 28.2. The molecular weight excluding hydrogens is 284 g/mol. The molecule has 0 amide bonds. The average Bonchev–Trinajstić information content (AvgIpc) is 2.38. The van der Waals surface area contributed by atoms with Crippen LogP contribution in [0.5, 0.6) is 0 Å². The Morgan fingerprint density at radius 2 is 2.20 bits per heavy atom. The fourth-order valence-electron chi connectivity index (χ4n) is 2.09. The molecule has 0 bridgehead atoms. The Morgan fingerprint density at radius 1 is 1.45 bits per heavy atom. The Hall–Kier alpha value is -1.67. The van der Waals surface area contributed by atoms with E-state index < -0.39 is 14.8 Å². The first-order valence-electron chi connectivity index (χ1n) is 6.21. The van der Waals surface area contributed by atoms with Gasteiger partial charge in [-0.2, -0.15) is 0 Å². The maximum Gasteiger partial charge on any atom is 0.293 e. The topological polar surface area (TPSA) is 98.5 Å². The predicted octanol–water partition coefficient (Wildman–Crippen LogP) is 1.59. The molecule has 0 spiro atoms. The Balaban J connectivity index is 2.30. The van der Waals surface area contributed by atoms with Crippen molar-refractivity contribution in [1.82, 2.24) is 0 Å². The summed E-state index contributed by atoms with van der Waals surface area (Å²) in [7, 11) is -3.47. The van der Waals surface area contributed by atoms with Crippen molar-refractivity contribution in [3.05, 3.63) is 28.3 Å². The SMILES string of the molecule is CS(=O)(=O)c1ccc(NC2CCCOC2)c([N+](=O)[O-])c1. The molecule has 1 fully saturated rings. The second-order valence-electron chi connectivity index (χ2n) is 4.77. The van der Waals surface area contributed by atoms with Crippen LogP contribution in [0, 0.1) is 10.1 Å². The van der Waals surface area contributed by atoms with Crippen LogP contribution < -0.4 is 5.32 Å². The number of nitrogens with one attached hydrogen (secondary N) is 1. The van der Waals surface area contributed by atoms with Gasteiger partial charge in [0.2, 0.25) is 0 Å². The summed E-state index contributed by atoms with van der Waals surface area (Å²) in [5.74, 6) is 0. The minimum absolute atomic E-state index is 0.00605. The standard InChI is InChI=1S/C12H16N2O5S/c1-20(17,18)10-4-5-11(12(7-10)14(15)16)13-9-3-2-6-19-8-9/h4-5,7,9,13H,2-3,6,8H2,1H3. The third-order valence-electron chi connectivity index (χ3n) is 3.11. The molecule has 1 atom stereocenters. The van der Waals surface area contributed by atoms with Crippen molar-refractivity contribution in [2.24, 2.45) is 0 Å². The zero-order chi connectivity index (χ0) is 14.8. The molecule has 2 rings (SSSR count). The number of hydrogen-bond acceptors (Lipinski definition) is 6. The minimum Gasteiger partial charge on any atom is -0.379 e. The first kappa shape index (κ1) is 14.7. The van der Waals surface area contributed by atoms with Gasteiger partial charge in [-0.3, -0.25) is 10.1 Å². The summed E-state index contributed by atoms with van der Waals surface area (Å²) in [6.45, 7) is 1.19. The molecule has 1 aliphatic heterocycles. The van der Waals surface area contributed by atoms with E-state index in [1.54, 1.807) is 0 Å². The molecule has 1 aromatic carbocycles. The second-order valence-corrected chi connectivity index (χ2v) is 6.78. The number of sulfone groups is 1. The molecule has 110 valence electrons. The minimum atomic E-state index is -3.47. The molecule has 1 N–H and O–H groups in total. The van der Waals surface area contributed by atoms with E-state index in [9.17, 15) is 18.5 Å². The average molecular weight is 300 g/mol. The molecule has 8 heteroatoms. The van der Waals surface area contributed by atoms with Crippen LogP contribution in [0.1, 0.15) is 12.8 Å². The van der Waals surface area contributed by atoms with Gasteiger partial charge in [-0.1, -0.05) is 0 Å². The van der Waals surface area contributed by atoms with Gasteiger partial charge < -0.3 is 10.1 Å². The van der Waals surface area contributed by atoms with Crippen LogP contribution in [-0.4, -0.2) is 38.9 Å². The summed E-state index contributed by atoms with van der Waals surface area (Å²) in [4.78, 5) is 10.4. The molecule has 7 nitrogen and oxygen atoms in total. The summed E-state index contributed by atoms with van der Waals surface area (Å²) >= 11 is 0. The summed E-state index contributed by atoms with van der Waals surface area (Å²) in [6, 6.07) is 3.89. The van der Waals surface area contributed by atoms with E-state index in [-0.39, 0.29) is 16.6 Å². The summed E-state index contributed by atoms with van der Waals surface area (Å²) in [6.07, 6.45) is 2.78. The number of nitro benzene ring substituents is 1. The van der Waals surface area contributed by atoms with Crippen molar-refractivity contribution in [2.75, 3.05) is 24.8 Å². The molecule has 0 radical (unpaired) electrons. The first-order valence-corrected chi connectivity index (χ1v) is 8.10. The number of rotatable bonds is 4. The van der Waals surface area contributed by atoms with Gasteiger partial charge in [-0.25, -0.2) is 8.42 Å². The van der Waals surface area contributed by atoms with Crippen LogP contribution in [0.2, 0.25) is 0 Å². The molecule has 20 heavy (non-hydrogen) atoms. The van der Waals surface area contributed by atoms with E-state index in [4.69, 9.17) is 4.74 Å². The molecule has 0 aromatic heterocycles. The van der Waals surface area contributed by atoms with Crippen molar-refractivity contribution in [2.45, 2.75) is 23.8 Å². The van der Waals surface area contributed by atoms with Gasteiger partial charge in [0.25, 0.3) is 5.69 Å². The Kier molecular flexibility index (Phi) is 4.24.